The number of pyridine rings is 1. The van der Waals surface area contributed by atoms with Gasteiger partial charge in [-0.3, -0.25) is 4.79 Å². The second kappa shape index (κ2) is 7.00. The molecule has 3 rings (SSSR count). The number of carbonyl (C=O) groups excluding carboxylic acids is 1. The van der Waals surface area contributed by atoms with Crippen LogP contribution >= 0.6 is 0 Å². The summed E-state index contributed by atoms with van der Waals surface area (Å²) in [6.45, 7) is 1.35. The molecule has 5 nitrogen and oxygen atoms in total. The lowest BCUT2D eigenvalue weighted by molar-refractivity contribution is -0.274. The van der Waals surface area contributed by atoms with E-state index < -0.39 is 6.36 Å². The molecule has 1 aliphatic heterocycles. The molecule has 0 radical (unpaired) electrons. The number of aromatic nitrogens is 1. The van der Waals surface area contributed by atoms with Gasteiger partial charge in [0.05, 0.1) is 6.54 Å². The van der Waals surface area contributed by atoms with E-state index in [1.54, 1.807) is 12.1 Å². The van der Waals surface area contributed by atoms with E-state index >= 15 is 0 Å². The number of anilines is 1. The molecule has 1 aromatic carbocycles. The summed E-state index contributed by atoms with van der Waals surface area (Å²) >= 11 is 0. The SMILES string of the molecule is O=Cc1ccc(N2CCC(Oc3ccc(OC(F)(F)F)cc3)C2)nc1. The number of hydrogen-bond acceptors (Lipinski definition) is 5. The number of benzene rings is 1. The number of aldehydes is 1. The molecule has 1 atom stereocenters. The molecule has 1 fully saturated rings. The van der Waals surface area contributed by atoms with E-state index in [-0.39, 0.29) is 11.9 Å². The number of ether oxygens (including phenoxy) is 2. The molecule has 2 aromatic rings. The van der Waals surface area contributed by atoms with Gasteiger partial charge in [-0.25, -0.2) is 4.98 Å². The summed E-state index contributed by atoms with van der Waals surface area (Å²) in [5.74, 6) is 0.948. The molecule has 2 heterocycles. The minimum atomic E-state index is -4.71. The van der Waals surface area contributed by atoms with Crippen LogP contribution in [-0.4, -0.2) is 36.8 Å². The molecule has 0 saturated carbocycles. The zero-order chi connectivity index (χ0) is 17.9. The topological polar surface area (TPSA) is 51.7 Å². The predicted molar refractivity (Wildman–Crippen MR) is 84.0 cm³/mol. The van der Waals surface area contributed by atoms with Crippen molar-refractivity contribution in [3.05, 3.63) is 48.2 Å². The summed E-state index contributed by atoms with van der Waals surface area (Å²) in [6.07, 6.45) is -1.80. The third kappa shape index (κ3) is 4.62. The van der Waals surface area contributed by atoms with Crippen molar-refractivity contribution in [3.8, 4) is 11.5 Å². The van der Waals surface area contributed by atoms with Crippen LogP contribution in [0.5, 0.6) is 11.5 Å². The van der Waals surface area contributed by atoms with E-state index in [4.69, 9.17) is 4.74 Å². The van der Waals surface area contributed by atoms with Crippen molar-refractivity contribution < 1.29 is 27.4 Å². The second-order valence-electron chi connectivity index (χ2n) is 5.56. The van der Waals surface area contributed by atoms with Crippen LogP contribution in [0.2, 0.25) is 0 Å². The van der Waals surface area contributed by atoms with Crippen molar-refractivity contribution in [1.82, 2.24) is 4.98 Å². The molecule has 1 aromatic heterocycles. The Morgan fingerprint density at radius 2 is 1.84 bits per heavy atom. The zero-order valence-electron chi connectivity index (χ0n) is 13.1. The molecule has 132 valence electrons. The van der Waals surface area contributed by atoms with E-state index in [2.05, 4.69) is 9.72 Å². The lowest BCUT2D eigenvalue weighted by Gasteiger charge is -2.18. The van der Waals surface area contributed by atoms with Gasteiger partial charge in [0, 0.05) is 24.7 Å². The highest BCUT2D eigenvalue weighted by Crippen LogP contribution is 2.27. The number of alkyl halides is 3. The van der Waals surface area contributed by atoms with Crippen LogP contribution in [-0.2, 0) is 0 Å². The highest BCUT2D eigenvalue weighted by Gasteiger charge is 2.31. The average molecular weight is 352 g/mol. The lowest BCUT2D eigenvalue weighted by Crippen LogP contribution is -2.25. The van der Waals surface area contributed by atoms with Gasteiger partial charge >= 0.3 is 6.36 Å². The summed E-state index contributed by atoms with van der Waals surface area (Å²) in [6, 6.07) is 8.80. The van der Waals surface area contributed by atoms with E-state index in [1.165, 1.54) is 30.5 Å². The van der Waals surface area contributed by atoms with Gasteiger partial charge in [0.2, 0.25) is 0 Å². The van der Waals surface area contributed by atoms with E-state index in [0.29, 0.717) is 17.9 Å². The first-order chi connectivity index (χ1) is 11.9. The number of nitrogens with zero attached hydrogens (tertiary/aromatic N) is 2. The van der Waals surface area contributed by atoms with Crippen LogP contribution in [0.4, 0.5) is 19.0 Å². The second-order valence-corrected chi connectivity index (χ2v) is 5.56. The average Bonchev–Trinajstić information content (AvgIpc) is 3.04. The molecule has 1 saturated heterocycles. The number of carbonyl (C=O) groups is 1. The maximum Gasteiger partial charge on any atom is 0.573 e. The van der Waals surface area contributed by atoms with Crippen molar-refractivity contribution in [2.75, 3.05) is 18.0 Å². The fourth-order valence-electron chi connectivity index (χ4n) is 2.60. The van der Waals surface area contributed by atoms with Crippen LogP contribution in [0.25, 0.3) is 0 Å². The molecule has 0 amide bonds. The Morgan fingerprint density at radius 3 is 2.44 bits per heavy atom. The maximum absolute atomic E-state index is 12.1. The summed E-state index contributed by atoms with van der Waals surface area (Å²) in [4.78, 5) is 16.9. The zero-order valence-corrected chi connectivity index (χ0v) is 13.1. The van der Waals surface area contributed by atoms with Gasteiger partial charge in [0.1, 0.15) is 23.4 Å². The molecule has 1 aliphatic rings. The summed E-state index contributed by atoms with van der Waals surface area (Å²) in [5, 5.41) is 0. The molecule has 0 bridgehead atoms. The molecule has 25 heavy (non-hydrogen) atoms. The molecule has 1 unspecified atom stereocenters. The van der Waals surface area contributed by atoms with Crippen molar-refractivity contribution >= 4 is 12.1 Å². The van der Waals surface area contributed by atoms with Gasteiger partial charge < -0.3 is 14.4 Å². The van der Waals surface area contributed by atoms with Gasteiger partial charge in [-0.15, -0.1) is 13.2 Å². The first kappa shape index (κ1) is 17.1. The lowest BCUT2D eigenvalue weighted by atomic mass is 10.3. The van der Waals surface area contributed by atoms with Gasteiger partial charge in [0.15, 0.2) is 6.29 Å². The van der Waals surface area contributed by atoms with Crippen molar-refractivity contribution in [3.63, 3.8) is 0 Å². The van der Waals surface area contributed by atoms with Crippen molar-refractivity contribution in [2.24, 2.45) is 0 Å². The van der Waals surface area contributed by atoms with E-state index in [1.807, 2.05) is 4.90 Å². The maximum atomic E-state index is 12.1. The summed E-state index contributed by atoms with van der Waals surface area (Å²) in [7, 11) is 0. The minimum absolute atomic E-state index is 0.0954. The van der Waals surface area contributed by atoms with Gasteiger partial charge in [-0.05, 0) is 36.4 Å². The van der Waals surface area contributed by atoms with E-state index in [9.17, 15) is 18.0 Å². The highest BCUT2D eigenvalue weighted by molar-refractivity contribution is 5.74. The standard InChI is InChI=1S/C17H15F3N2O3/c18-17(19,20)25-14-4-2-13(3-5-14)24-15-7-8-22(10-15)16-6-1-12(11-23)9-21-16/h1-6,9,11,15H,7-8,10H2. The monoisotopic (exact) mass is 352 g/mol. The quantitative estimate of drug-likeness (QED) is 0.772. The Hall–Kier alpha value is -2.77. The van der Waals surface area contributed by atoms with Crippen LogP contribution < -0.4 is 14.4 Å². The van der Waals surface area contributed by atoms with Gasteiger partial charge in [0.25, 0.3) is 0 Å². The molecular formula is C17H15F3N2O3. The Kier molecular flexibility index (Phi) is 4.78. The fourth-order valence-corrected chi connectivity index (χ4v) is 2.60. The molecular weight excluding hydrogens is 337 g/mol. The molecule has 0 spiro atoms. The highest BCUT2D eigenvalue weighted by atomic mass is 19.4. The summed E-state index contributed by atoms with van der Waals surface area (Å²) < 4.78 is 46.0. The molecule has 0 N–H and O–H groups in total. The predicted octanol–water partition coefficient (Wildman–Crippen LogP) is 3.45. The number of halogens is 3. The van der Waals surface area contributed by atoms with Crippen LogP contribution in [0.3, 0.4) is 0 Å². The van der Waals surface area contributed by atoms with Crippen molar-refractivity contribution in [2.45, 2.75) is 18.9 Å². The largest absolute Gasteiger partial charge is 0.573 e. The number of hydrogen-bond donors (Lipinski definition) is 0. The number of rotatable bonds is 5. The first-order valence-electron chi connectivity index (χ1n) is 7.61. The van der Waals surface area contributed by atoms with Crippen LogP contribution in [0.15, 0.2) is 42.6 Å². The Labute approximate surface area is 142 Å². The Bertz CT molecular complexity index is 717. The third-order valence-corrected chi connectivity index (χ3v) is 3.74. The molecule has 0 aliphatic carbocycles. The van der Waals surface area contributed by atoms with E-state index in [0.717, 1.165) is 25.1 Å². The van der Waals surface area contributed by atoms with Gasteiger partial charge in [-0.1, -0.05) is 0 Å². The third-order valence-electron chi connectivity index (χ3n) is 3.74. The smallest absolute Gasteiger partial charge is 0.489 e. The van der Waals surface area contributed by atoms with Crippen LogP contribution in [0.1, 0.15) is 16.8 Å². The Morgan fingerprint density at radius 1 is 1.12 bits per heavy atom. The normalized spacial score (nSPS) is 17.4. The first-order valence-corrected chi connectivity index (χ1v) is 7.61. The van der Waals surface area contributed by atoms with Crippen molar-refractivity contribution in [1.29, 1.82) is 0 Å². The molecule has 8 heteroatoms. The van der Waals surface area contributed by atoms with Gasteiger partial charge in [-0.2, -0.15) is 0 Å². The summed E-state index contributed by atoms with van der Waals surface area (Å²) in [5.41, 5.74) is 0.511. The van der Waals surface area contributed by atoms with Crippen LogP contribution in [0, 0.1) is 0 Å². The Balaban J connectivity index is 1.56. The minimum Gasteiger partial charge on any atom is -0.489 e. The fraction of sp³-hybridized carbons (Fsp3) is 0.294.